The summed E-state index contributed by atoms with van der Waals surface area (Å²) in [7, 11) is 2.22. The largest absolute Gasteiger partial charge is 0.313 e. The summed E-state index contributed by atoms with van der Waals surface area (Å²) in [5.74, 6) is 0. The molecule has 0 radical (unpaired) electrons. The molecule has 0 atom stereocenters. The van der Waals surface area contributed by atoms with Gasteiger partial charge in [0, 0.05) is 13.1 Å². The van der Waals surface area contributed by atoms with Crippen LogP contribution >= 0.6 is 0 Å². The number of nitrogens with one attached hydrogen (secondary N) is 1. The van der Waals surface area contributed by atoms with E-state index in [4.69, 9.17) is 0 Å². The zero-order chi connectivity index (χ0) is 13.6. The number of likely N-dealkylation sites (tertiary alicyclic amines) is 1. The Morgan fingerprint density at radius 3 is 2.58 bits per heavy atom. The second-order valence-corrected chi connectivity index (χ2v) is 6.06. The second-order valence-electron chi connectivity index (χ2n) is 6.06. The zero-order valence-corrected chi connectivity index (χ0v) is 12.2. The standard InChI is InChI=1S/C17H26N2/c1-17(10-13-19(2)14-11-17)15-18-12-6-9-16-7-4-3-5-8-16/h3-9,18H,10-15H2,1-2H3/b9-6+. The fourth-order valence-electron chi connectivity index (χ4n) is 2.55. The van der Waals surface area contributed by atoms with Crippen molar-refractivity contribution >= 4 is 6.08 Å². The molecule has 1 aliphatic rings. The highest BCUT2D eigenvalue weighted by molar-refractivity contribution is 5.48. The van der Waals surface area contributed by atoms with E-state index in [-0.39, 0.29) is 0 Å². The molecule has 1 aromatic carbocycles. The van der Waals surface area contributed by atoms with Crippen molar-refractivity contribution in [3.63, 3.8) is 0 Å². The topological polar surface area (TPSA) is 15.3 Å². The smallest absolute Gasteiger partial charge is 0.0138 e. The first-order chi connectivity index (χ1) is 9.18. The van der Waals surface area contributed by atoms with Gasteiger partial charge in [-0.2, -0.15) is 0 Å². The molecule has 0 unspecified atom stereocenters. The molecule has 1 aromatic rings. The van der Waals surface area contributed by atoms with Gasteiger partial charge in [-0.1, -0.05) is 49.4 Å². The summed E-state index contributed by atoms with van der Waals surface area (Å²) in [5.41, 5.74) is 1.75. The van der Waals surface area contributed by atoms with Crippen LogP contribution in [-0.4, -0.2) is 38.1 Å². The summed E-state index contributed by atoms with van der Waals surface area (Å²) >= 11 is 0. The molecule has 2 heteroatoms. The molecule has 0 saturated carbocycles. The molecular formula is C17H26N2. The summed E-state index contributed by atoms with van der Waals surface area (Å²) < 4.78 is 0. The van der Waals surface area contributed by atoms with Crippen molar-refractivity contribution in [2.45, 2.75) is 19.8 Å². The molecule has 1 heterocycles. The van der Waals surface area contributed by atoms with Gasteiger partial charge in [0.15, 0.2) is 0 Å². The van der Waals surface area contributed by atoms with Gasteiger partial charge in [-0.3, -0.25) is 0 Å². The van der Waals surface area contributed by atoms with Gasteiger partial charge < -0.3 is 10.2 Å². The number of rotatable bonds is 5. The van der Waals surface area contributed by atoms with Crippen molar-refractivity contribution in [1.82, 2.24) is 10.2 Å². The average molecular weight is 258 g/mol. The lowest BCUT2D eigenvalue weighted by Gasteiger charge is -2.38. The van der Waals surface area contributed by atoms with Crippen molar-refractivity contribution < 1.29 is 0 Å². The monoisotopic (exact) mass is 258 g/mol. The molecule has 0 spiro atoms. The molecule has 1 N–H and O–H groups in total. The third-order valence-electron chi connectivity index (χ3n) is 4.12. The third-order valence-corrected chi connectivity index (χ3v) is 4.12. The van der Waals surface area contributed by atoms with E-state index in [1.54, 1.807) is 0 Å². The molecule has 1 aliphatic heterocycles. The van der Waals surface area contributed by atoms with Crippen molar-refractivity contribution in [2.75, 3.05) is 33.2 Å². The number of benzene rings is 1. The fourth-order valence-corrected chi connectivity index (χ4v) is 2.55. The number of hydrogen-bond acceptors (Lipinski definition) is 2. The van der Waals surface area contributed by atoms with Crippen LogP contribution in [0.25, 0.3) is 6.08 Å². The van der Waals surface area contributed by atoms with E-state index in [1.165, 1.54) is 31.5 Å². The highest BCUT2D eigenvalue weighted by atomic mass is 15.1. The minimum Gasteiger partial charge on any atom is -0.313 e. The Hall–Kier alpha value is -1.12. The molecule has 2 rings (SSSR count). The summed E-state index contributed by atoms with van der Waals surface area (Å²) in [6.45, 7) is 6.96. The maximum Gasteiger partial charge on any atom is 0.0138 e. The minimum atomic E-state index is 0.479. The third kappa shape index (κ3) is 4.81. The summed E-state index contributed by atoms with van der Waals surface area (Å²) in [5, 5.41) is 3.58. The van der Waals surface area contributed by atoms with Crippen LogP contribution in [0.1, 0.15) is 25.3 Å². The van der Waals surface area contributed by atoms with E-state index in [0.717, 1.165) is 13.1 Å². The van der Waals surface area contributed by atoms with Crippen LogP contribution in [0.3, 0.4) is 0 Å². The lowest BCUT2D eigenvalue weighted by molar-refractivity contribution is 0.138. The Labute approximate surface area is 117 Å². The Bertz CT molecular complexity index is 389. The minimum absolute atomic E-state index is 0.479. The van der Waals surface area contributed by atoms with Crippen LogP contribution in [0.15, 0.2) is 36.4 Å². The summed E-state index contributed by atoms with van der Waals surface area (Å²) in [6.07, 6.45) is 7.01. The maximum atomic E-state index is 3.58. The van der Waals surface area contributed by atoms with Crippen LogP contribution in [0.4, 0.5) is 0 Å². The normalized spacial score (nSPS) is 19.9. The van der Waals surface area contributed by atoms with E-state index in [0.29, 0.717) is 5.41 Å². The molecular weight excluding hydrogens is 232 g/mol. The van der Waals surface area contributed by atoms with E-state index < -0.39 is 0 Å². The van der Waals surface area contributed by atoms with Gasteiger partial charge in [-0.15, -0.1) is 0 Å². The van der Waals surface area contributed by atoms with Gasteiger partial charge in [0.25, 0.3) is 0 Å². The predicted molar refractivity (Wildman–Crippen MR) is 83.2 cm³/mol. The summed E-state index contributed by atoms with van der Waals surface area (Å²) in [4.78, 5) is 2.43. The quantitative estimate of drug-likeness (QED) is 0.817. The van der Waals surface area contributed by atoms with Crippen LogP contribution in [0.2, 0.25) is 0 Å². The Balaban J connectivity index is 1.68. The van der Waals surface area contributed by atoms with Gasteiger partial charge in [0.2, 0.25) is 0 Å². The Morgan fingerprint density at radius 1 is 1.21 bits per heavy atom. The zero-order valence-electron chi connectivity index (χ0n) is 12.2. The van der Waals surface area contributed by atoms with E-state index in [1.807, 2.05) is 0 Å². The van der Waals surface area contributed by atoms with E-state index >= 15 is 0 Å². The van der Waals surface area contributed by atoms with E-state index in [9.17, 15) is 0 Å². The van der Waals surface area contributed by atoms with Gasteiger partial charge in [-0.05, 0) is 44.0 Å². The SMILES string of the molecule is CN1CCC(C)(CNC/C=C/c2ccccc2)CC1. The van der Waals surface area contributed by atoms with Crippen LogP contribution in [0.5, 0.6) is 0 Å². The average Bonchev–Trinajstić information content (AvgIpc) is 2.43. The van der Waals surface area contributed by atoms with Gasteiger partial charge in [0.1, 0.15) is 0 Å². The number of hydrogen-bond donors (Lipinski definition) is 1. The number of nitrogens with zero attached hydrogens (tertiary/aromatic N) is 1. The molecule has 1 fully saturated rings. The first-order valence-electron chi connectivity index (χ1n) is 7.29. The van der Waals surface area contributed by atoms with Crippen molar-refractivity contribution in [3.8, 4) is 0 Å². The van der Waals surface area contributed by atoms with Crippen molar-refractivity contribution in [3.05, 3.63) is 42.0 Å². The maximum absolute atomic E-state index is 3.58. The first kappa shape index (κ1) is 14.3. The van der Waals surface area contributed by atoms with E-state index in [2.05, 4.69) is 66.7 Å². The van der Waals surface area contributed by atoms with Crippen molar-refractivity contribution in [2.24, 2.45) is 5.41 Å². The molecule has 2 nitrogen and oxygen atoms in total. The molecule has 1 saturated heterocycles. The number of piperidine rings is 1. The Morgan fingerprint density at radius 2 is 1.89 bits per heavy atom. The molecule has 104 valence electrons. The molecule has 0 aliphatic carbocycles. The van der Waals surface area contributed by atoms with Crippen LogP contribution < -0.4 is 5.32 Å². The fraction of sp³-hybridized carbons (Fsp3) is 0.529. The first-order valence-corrected chi connectivity index (χ1v) is 7.29. The highest BCUT2D eigenvalue weighted by Crippen LogP contribution is 2.29. The predicted octanol–water partition coefficient (Wildman–Crippen LogP) is 3.02. The summed E-state index contributed by atoms with van der Waals surface area (Å²) in [6, 6.07) is 10.5. The molecule has 0 aromatic heterocycles. The lowest BCUT2D eigenvalue weighted by Crippen LogP contribution is -2.42. The molecule has 0 bridgehead atoms. The lowest BCUT2D eigenvalue weighted by atomic mass is 9.80. The highest BCUT2D eigenvalue weighted by Gasteiger charge is 2.27. The second kappa shape index (κ2) is 6.88. The Kier molecular flexibility index (Phi) is 5.17. The molecule has 19 heavy (non-hydrogen) atoms. The molecule has 0 amide bonds. The van der Waals surface area contributed by atoms with Gasteiger partial charge >= 0.3 is 0 Å². The van der Waals surface area contributed by atoms with Gasteiger partial charge in [0.05, 0.1) is 0 Å². The van der Waals surface area contributed by atoms with Crippen molar-refractivity contribution in [1.29, 1.82) is 0 Å². The van der Waals surface area contributed by atoms with Gasteiger partial charge in [-0.25, -0.2) is 0 Å². The van der Waals surface area contributed by atoms with Crippen LogP contribution in [0, 0.1) is 5.41 Å². The van der Waals surface area contributed by atoms with Crippen LogP contribution in [-0.2, 0) is 0 Å².